The van der Waals surface area contributed by atoms with Gasteiger partial charge in [0.25, 0.3) is 0 Å². The quantitative estimate of drug-likeness (QED) is 0.586. The van der Waals surface area contributed by atoms with Gasteiger partial charge in [0, 0.05) is 5.69 Å². The van der Waals surface area contributed by atoms with Crippen molar-refractivity contribution in [1.29, 1.82) is 0 Å². The molecule has 2 aromatic carbocycles. The number of benzene rings is 2. The third kappa shape index (κ3) is 5.41. The fraction of sp³-hybridized carbons (Fsp3) is 0.176. The lowest BCUT2D eigenvalue weighted by molar-refractivity contribution is -0.113. The van der Waals surface area contributed by atoms with E-state index in [1.165, 1.54) is 41.3 Å². The number of sulfonamides is 1. The third-order valence-corrected chi connectivity index (χ3v) is 6.23. The van der Waals surface area contributed by atoms with Crippen molar-refractivity contribution in [3.05, 3.63) is 47.8 Å². The van der Waals surface area contributed by atoms with Gasteiger partial charge in [-0.05, 0) is 48.9 Å². The Labute approximate surface area is 164 Å². The molecule has 0 bridgehead atoms. The summed E-state index contributed by atoms with van der Waals surface area (Å²) in [7, 11) is -3.34. The number of anilines is 2. The van der Waals surface area contributed by atoms with E-state index in [2.05, 4.69) is 15.0 Å². The molecule has 27 heavy (non-hydrogen) atoms. The summed E-state index contributed by atoms with van der Waals surface area (Å²) in [4.78, 5) is 16.6. The van der Waals surface area contributed by atoms with Crippen LogP contribution in [0.4, 0.5) is 15.8 Å². The maximum Gasteiger partial charge on any atom is 0.234 e. The molecule has 0 saturated heterocycles. The summed E-state index contributed by atoms with van der Waals surface area (Å²) in [6.45, 7) is 1.72. The Morgan fingerprint density at radius 2 is 2.04 bits per heavy atom. The fourth-order valence-corrected chi connectivity index (χ4v) is 4.79. The number of thioether (sulfide) groups is 1. The van der Waals surface area contributed by atoms with Crippen LogP contribution in [0.5, 0.6) is 0 Å². The zero-order valence-corrected chi connectivity index (χ0v) is 16.9. The van der Waals surface area contributed by atoms with Crippen molar-refractivity contribution in [2.45, 2.75) is 11.3 Å². The maximum absolute atomic E-state index is 13.1. The van der Waals surface area contributed by atoms with Crippen LogP contribution in [0.1, 0.15) is 5.56 Å². The molecule has 0 fully saturated rings. The minimum atomic E-state index is -3.34. The van der Waals surface area contributed by atoms with Gasteiger partial charge in [-0.25, -0.2) is 17.8 Å². The van der Waals surface area contributed by atoms with Crippen LogP contribution in [-0.4, -0.2) is 31.3 Å². The molecule has 1 aromatic heterocycles. The summed E-state index contributed by atoms with van der Waals surface area (Å²) in [6.07, 6.45) is 1.09. The Kier molecular flexibility index (Phi) is 5.68. The Morgan fingerprint density at radius 3 is 2.74 bits per heavy atom. The van der Waals surface area contributed by atoms with E-state index >= 15 is 0 Å². The largest absolute Gasteiger partial charge is 0.325 e. The number of carbonyl (C=O) groups excluding carboxylic acids is 1. The number of fused-ring (bicyclic) bond motifs is 1. The van der Waals surface area contributed by atoms with Crippen molar-refractivity contribution in [2.75, 3.05) is 22.0 Å². The SMILES string of the molecule is Cc1cc(F)ccc1NC(=O)CSc1nc2ccc(NS(C)(=O)=O)cc2s1. The molecule has 0 unspecified atom stereocenters. The second-order valence-corrected chi connectivity index (χ2v) is 9.83. The number of thiazole rings is 1. The summed E-state index contributed by atoms with van der Waals surface area (Å²) in [5.74, 6) is -0.405. The first-order valence-corrected chi connectivity index (χ1v) is 11.5. The minimum Gasteiger partial charge on any atom is -0.325 e. The molecule has 0 atom stereocenters. The molecule has 10 heteroatoms. The predicted molar refractivity (Wildman–Crippen MR) is 109 cm³/mol. The highest BCUT2D eigenvalue weighted by atomic mass is 32.2. The molecule has 3 rings (SSSR count). The van der Waals surface area contributed by atoms with Gasteiger partial charge in [-0.1, -0.05) is 11.8 Å². The monoisotopic (exact) mass is 425 g/mol. The summed E-state index contributed by atoms with van der Waals surface area (Å²) in [5, 5.41) is 2.75. The molecular formula is C17H16FN3O3S3. The number of aromatic nitrogens is 1. The number of carbonyl (C=O) groups is 1. The fourth-order valence-electron chi connectivity index (χ4n) is 2.32. The van der Waals surface area contributed by atoms with Crippen LogP contribution in [0.25, 0.3) is 10.2 Å². The number of hydrogen-bond acceptors (Lipinski definition) is 6. The van der Waals surface area contributed by atoms with E-state index in [0.717, 1.165) is 16.5 Å². The molecule has 0 spiro atoms. The second kappa shape index (κ2) is 7.83. The molecule has 6 nitrogen and oxygen atoms in total. The second-order valence-electron chi connectivity index (χ2n) is 5.83. The highest BCUT2D eigenvalue weighted by Gasteiger charge is 2.11. The van der Waals surface area contributed by atoms with Crippen LogP contribution >= 0.6 is 23.1 Å². The lowest BCUT2D eigenvalue weighted by Crippen LogP contribution is -2.14. The number of rotatable bonds is 6. The number of hydrogen-bond donors (Lipinski definition) is 2. The molecule has 0 radical (unpaired) electrons. The van der Waals surface area contributed by atoms with E-state index in [1.807, 2.05) is 0 Å². The smallest absolute Gasteiger partial charge is 0.234 e. The lowest BCUT2D eigenvalue weighted by atomic mass is 10.2. The molecule has 0 saturated carbocycles. The van der Waals surface area contributed by atoms with Crippen molar-refractivity contribution in [3.8, 4) is 0 Å². The molecule has 0 aliphatic rings. The van der Waals surface area contributed by atoms with E-state index in [9.17, 15) is 17.6 Å². The summed E-state index contributed by atoms with van der Waals surface area (Å²) < 4.78 is 39.7. The number of aryl methyl sites for hydroxylation is 1. The normalized spacial score (nSPS) is 11.5. The van der Waals surface area contributed by atoms with E-state index in [-0.39, 0.29) is 17.5 Å². The molecule has 2 N–H and O–H groups in total. The zero-order chi connectivity index (χ0) is 19.6. The molecular weight excluding hydrogens is 409 g/mol. The summed E-state index contributed by atoms with van der Waals surface area (Å²) in [5.41, 5.74) is 2.42. The number of amides is 1. The average Bonchev–Trinajstić information content (AvgIpc) is 2.96. The first-order valence-electron chi connectivity index (χ1n) is 7.77. The Hall–Kier alpha value is -2.17. The number of halogens is 1. The Balaban J connectivity index is 1.65. The first-order chi connectivity index (χ1) is 12.7. The van der Waals surface area contributed by atoms with Gasteiger partial charge in [-0.3, -0.25) is 9.52 Å². The van der Waals surface area contributed by atoms with Crippen molar-refractivity contribution < 1.29 is 17.6 Å². The van der Waals surface area contributed by atoms with Crippen LogP contribution in [0.2, 0.25) is 0 Å². The average molecular weight is 426 g/mol. The van der Waals surface area contributed by atoms with Gasteiger partial charge in [-0.15, -0.1) is 11.3 Å². The standard InChI is InChI=1S/C17H16FN3O3S3/c1-10-7-11(18)3-5-13(10)19-16(22)9-25-17-20-14-6-4-12(8-15(14)26-17)21-27(2,23)24/h3-8,21H,9H2,1-2H3,(H,19,22). The van der Waals surface area contributed by atoms with Crippen LogP contribution in [0, 0.1) is 12.7 Å². The van der Waals surface area contributed by atoms with E-state index in [4.69, 9.17) is 0 Å². The van der Waals surface area contributed by atoms with Crippen molar-refractivity contribution in [1.82, 2.24) is 4.98 Å². The van der Waals surface area contributed by atoms with E-state index in [0.29, 0.717) is 21.3 Å². The van der Waals surface area contributed by atoms with Gasteiger partial charge in [0.2, 0.25) is 15.9 Å². The first kappa shape index (κ1) is 19.6. The highest BCUT2D eigenvalue weighted by molar-refractivity contribution is 8.01. The van der Waals surface area contributed by atoms with Crippen molar-refractivity contribution >= 4 is 60.6 Å². The number of nitrogens with zero attached hydrogens (tertiary/aromatic N) is 1. The van der Waals surface area contributed by atoms with E-state index in [1.54, 1.807) is 25.1 Å². The molecule has 0 aliphatic heterocycles. The minimum absolute atomic E-state index is 0.158. The summed E-state index contributed by atoms with van der Waals surface area (Å²) >= 11 is 2.66. The lowest BCUT2D eigenvalue weighted by Gasteiger charge is -2.07. The highest BCUT2D eigenvalue weighted by Crippen LogP contribution is 2.31. The zero-order valence-electron chi connectivity index (χ0n) is 14.4. The van der Waals surface area contributed by atoms with Crippen LogP contribution in [0.15, 0.2) is 40.7 Å². The van der Waals surface area contributed by atoms with Gasteiger partial charge in [0.15, 0.2) is 4.34 Å². The summed E-state index contributed by atoms with van der Waals surface area (Å²) in [6, 6.07) is 9.26. The van der Waals surface area contributed by atoms with Crippen LogP contribution in [-0.2, 0) is 14.8 Å². The van der Waals surface area contributed by atoms with Gasteiger partial charge in [0.05, 0.1) is 27.9 Å². The molecule has 0 aliphatic carbocycles. The topological polar surface area (TPSA) is 88.2 Å². The van der Waals surface area contributed by atoms with E-state index < -0.39 is 10.0 Å². The van der Waals surface area contributed by atoms with Crippen LogP contribution < -0.4 is 10.0 Å². The van der Waals surface area contributed by atoms with Crippen LogP contribution in [0.3, 0.4) is 0 Å². The number of nitrogens with one attached hydrogen (secondary N) is 2. The Bertz CT molecular complexity index is 1110. The van der Waals surface area contributed by atoms with Crippen molar-refractivity contribution in [2.24, 2.45) is 0 Å². The predicted octanol–water partition coefficient (Wildman–Crippen LogP) is 3.85. The molecule has 3 aromatic rings. The van der Waals surface area contributed by atoms with Gasteiger partial charge < -0.3 is 5.32 Å². The molecule has 1 amide bonds. The van der Waals surface area contributed by atoms with Gasteiger partial charge in [-0.2, -0.15) is 0 Å². The maximum atomic E-state index is 13.1. The van der Waals surface area contributed by atoms with Gasteiger partial charge >= 0.3 is 0 Å². The molecule has 1 heterocycles. The Morgan fingerprint density at radius 1 is 1.26 bits per heavy atom. The van der Waals surface area contributed by atoms with Crippen molar-refractivity contribution in [3.63, 3.8) is 0 Å². The van der Waals surface area contributed by atoms with Gasteiger partial charge in [0.1, 0.15) is 5.82 Å². The molecule has 142 valence electrons. The third-order valence-electron chi connectivity index (χ3n) is 3.46.